The van der Waals surface area contributed by atoms with Crippen LogP contribution in [0.15, 0.2) is 18.2 Å². The van der Waals surface area contributed by atoms with E-state index in [0.29, 0.717) is 37.7 Å². The Morgan fingerprint density at radius 3 is 1.89 bits per heavy atom. The highest BCUT2D eigenvalue weighted by molar-refractivity contribution is 6.31. The van der Waals surface area contributed by atoms with Crippen molar-refractivity contribution in [1.82, 2.24) is 55.6 Å². The van der Waals surface area contributed by atoms with Crippen molar-refractivity contribution < 1.29 is 65.9 Å². The monoisotopic (exact) mass is 1260 g/mol. The van der Waals surface area contributed by atoms with Gasteiger partial charge in [-0.05, 0) is 114 Å². The number of hydrogen-bond acceptors (Lipinski definition) is 11. The summed E-state index contributed by atoms with van der Waals surface area (Å²) in [6.45, 7) is 5.19. The van der Waals surface area contributed by atoms with Crippen LogP contribution in [-0.2, 0) is 65.3 Å². The maximum atomic E-state index is 14.9. The highest BCUT2D eigenvalue weighted by Gasteiger charge is 2.52. The van der Waals surface area contributed by atoms with Crippen LogP contribution < -0.4 is 21.3 Å². The van der Waals surface area contributed by atoms with Crippen LogP contribution in [0, 0.1) is 17.8 Å². The molecule has 1 aromatic rings. The number of alkyl halides is 3. The minimum absolute atomic E-state index is 0.0383. The number of nitrogens with zero attached hydrogens (tertiary/aromatic N) is 7. The van der Waals surface area contributed by atoms with E-state index in [-0.39, 0.29) is 63.3 Å². The number of hydrogen-bond donors (Lipinski definition) is 4. The quantitative estimate of drug-likeness (QED) is 0.286. The first-order chi connectivity index (χ1) is 41.4. The molecule has 3 saturated carbocycles. The van der Waals surface area contributed by atoms with Crippen molar-refractivity contribution in [2.24, 2.45) is 17.8 Å². The first-order valence-electron chi connectivity index (χ1n) is 31.3. The van der Waals surface area contributed by atoms with E-state index in [0.717, 1.165) is 71.8 Å². The van der Waals surface area contributed by atoms with E-state index < -0.39 is 155 Å². The second kappa shape index (κ2) is 30.8. The molecule has 1 aromatic carbocycles. The molecule has 88 heavy (non-hydrogen) atoms. The molecule has 5 fully saturated rings. The smallest absolute Gasteiger partial charge is 0.351 e. The third-order valence-corrected chi connectivity index (χ3v) is 19.4. The van der Waals surface area contributed by atoms with Crippen molar-refractivity contribution in [3.8, 4) is 0 Å². The Morgan fingerprint density at radius 2 is 1.28 bits per heavy atom. The van der Waals surface area contributed by atoms with Gasteiger partial charge < -0.3 is 55.6 Å². The van der Waals surface area contributed by atoms with E-state index in [1.165, 1.54) is 74.9 Å². The van der Waals surface area contributed by atoms with Gasteiger partial charge in [0.05, 0.1) is 30.2 Å². The van der Waals surface area contributed by atoms with Crippen LogP contribution in [0.25, 0.3) is 0 Å². The zero-order valence-electron chi connectivity index (χ0n) is 52.9. The van der Waals surface area contributed by atoms with Gasteiger partial charge in [0.25, 0.3) is 0 Å². The molecular formula is C62H93ClF3N11O11. The van der Waals surface area contributed by atoms with Crippen LogP contribution in [0.1, 0.15) is 154 Å². The molecule has 0 radical (unpaired) electrons. The molecular weight excluding hydrogens is 1170 g/mol. The molecule has 6 rings (SSSR count). The molecule has 5 aliphatic rings. The molecule has 4 N–H and O–H groups in total. The third-order valence-electron chi connectivity index (χ3n) is 19.1. The number of benzene rings is 1. The minimum Gasteiger partial charge on any atom is -0.351 e. The van der Waals surface area contributed by atoms with Gasteiger partial charge in [0, 0.05) is 61.3 Å². The highest BCUT2D eigenvalue weighted by Crippen LogP contribution is 2.39. The zero-order valence-corrected chi connectivity index (χ0v) is 53.7. The summed E-state index contributed by atoms with van der Waals surface area (Å²) in [6.07, 6.45) is 4.33. The molecule has 1 spiro atoms. The van der Waals surface area contributed by atoms with Crippen molar-refractivity contribution in [1.29, 1.82) is 0 Å². The topological polar surface area (TPSA) is 259 Å². The maximum Gasteiger partial charge on any atom is 0.417 e. The molecule has 490 valence electrons. The fourth-order valence-corrected chi connectivity index (χ4v) is 13.3. The number of nitrogens with one attached hydrogen (secondary N) is 4. The molecule has 2 heterocycles. The van der Waals surface area contributed by atoms with Crippen LogP contribution in [0.5, 0.6) is 0 Å². The summed E-state index contributed by atoms with van der Waals surface area (Å²) in [5.41, 5.74) is -2.19. The summed E-state index contributed by atoms with van der Waals surface area (Å²) in [7, 11) is 8.53. The number of aryl methyl sites for hydroxylation is 1. The Morgan fingerprint density at radius 1 is 0.659 bits per heavy atom. The van der Waals surface area contributed by atoms with Crippen LogP contribution >= 0.6 is 11.6 Å². The Hall–Kier alpha value is -6.53. The van der Waals surface area contributed by atoms with Crippen molar-refractivity contribution in [2.45, 2.75) is 204 Å². The molecule has 3 aliphatic carbocycles. The largest absolute Gasteiger partial charge is 0.417 e. The van der Waals surface area contributed by atoms with Crippen molar-refractivity contribution in [3.05, 3.63) is 34.3 Å². The van der Waals surface area contributed by atoms with Gasteiger partial charge >= 0.3 is 6.18 Å². The van der Waals surface area contributed by atoms with Crippen molar-refractivity contribution in [2.75, 3.05) is 68.5 Å². The average molecular weight is 1260 g/mol. The lowest BCUT2D eigenvalue weighted by atomic mass is 9.74. The first-order valence-corrected chi connectivity index (χ1v) is 31.7. The maximum absolute atomic E-state index is 14.9. The molecule has 26 heteroatoms. The second-order valence-corrected chi connectivity index (χ2v) is 26.0. The zero-order chi connectivity index (χ0) is 65.1. The van der Waals surface area contributed by atoms with Crippen molar-refractivity contribution in [3.63, 3.8) is 0 Å². The second-order valence-electron chi connectivity index (χ2n) is 25.6. The number of amides is 11. The summed E-state index contributed by atoms with van der Waals surface area (Å²) >= 11 is 6.10. The summed E-state index contributed by atoms with van der Waals surface area (Å²) in [5.74, 6) is -7.39. The van der Waals surface area contributed by atoms with E-state index in [4.69, 9.17) is 11.6 Å². The Labute approximate surface area is 520 Å². The lowest BCUT2D eigenvalue weighted by molar-refractivity contribution is -0.152. The molecule has 8 atom stereocenters. The van der Waals surface area contributed by atoms with E-state index in [1.54, 1.807) is 13.8 Å². The van der Waals surface area contributed by atoms with E-state index in [9.17, 15) is 65.9 Å². The van der Waals surface area contributed by atoms with Crippen molar-refractivity contribution >= 4 is 76.6 Å². The molecule has 0 unspecified atom stereocenters. The van der Waals surface area contributed by atoms with Crippen LogP contribution in [0.4, 0.5) is 13.2 Å². The predicted molar refractivity (Wildman–Crippen MR) is 321 cm³/mol. The van der Waals surface area contributed by atoms with Crippen LogP contribution in [0.2, 0.25) is 5.02 Å². The highest BCUT2D eigenvalue weighted by atomic mass is 35.5. The van der Waals surface area contributed by atoms with Crippen LogP contribution in [0.3, 0.4) is 0 Å². The normalized spacial score (nSPS) is 27.5. The number of carbonyl (C=O) groups is 11. The van der Waals surface area contributed by atoms with E-state index in [2.05, 4.69) is 21.3 Å². The number of rotatable bonds is 8. The SMILES string of the molecule is CC[C@H](C)[C@@H]1NC(=O)[C@H](C)N(C)C(=O)C[C@@H](C)NC(=O)[C@H](C2CCCC2)N(C)C(=O)C2(CCC2)NC(=O)[C@@H]2CCCN2C(=O)[C@H](CCc2ccc(C(F)(F)F)c(Cl)c2)NC(=O)CN(C)C(=O)[C@H](CC2CCCCC2)N(C)C(=O)CN(C)C(=O)CN(C)C1=O. The lowest BCUT2D eigenvalue weighted by Gasteiger charge is -2.46. The standard InChI is InChI=1S/C62H93ClF3N11O11/c1-11-37(2)52-59(87)73(7)35-50(80)71(5)36-51(81)75(9)47(33-40-19-13-12-14-20-40)58(86)72(6)34-48(78)68-45(27-25-41-24-26-43(44(63)32-41)62(64,65)66)57(85)77-30-17-23-46(77)55(83)70-61(28-18-29-61)60(88)76(10)53(42-21-15-16-22-42)56(84)67-38(3)31-49(79)74(8)39(4)54(82)69-52/h24,26,32,37-40,42,45-47,52-53H,11-23,25,27-31,33-36H2,1-10H3,(H,67,84)(H,68,78)(H,69,82)(H,70,83)/t37-,38+,39-,45-,46-,47-,52-,53-/m0/s1. The molecule has 0 aromatic heterocycles. The number of fused-ring (bicyclic) bond motifs is 1. The summed E-state index contributed by atoms with van der Waals surface area (Å²) in [6, 6.07) is -4.44. The number of halogens is 4. The summed E-state index contributed by atoms with van der Waals surface area (Å²) in [4.78, 5) is 167. The molecule has 2 aliphatic heterocycles. The van der Waals surface area contributed by atoms with Gasteiger partial charge in [0.2, 0.25) is 65.0 Å². The van der Waals surface area contributed by atoms with Gasteiger partial charge in [-0.15, -0.1) is 0 Å². The molecule has 22 nitrogen and oxygen atoms in total. The molecule has 11 amide bonds. The Balaban J connectivity index is 1.33. The number of carbonyl (C=O) groups excluding carboxylic acids is 11. The predicted octanol–water partition coefficient (Wildman–Crippen LogP) is 4.28. The first kappa shape index (κ1) is 70.6. The third kappa shape index (κ3) is 17.4. The van der Waals surface area contributed by atoms with Crippen LogP contribution in [-0.4, -0.2) is 216 Å². The lowest BCUT2D eigenvalue weighted by Crippen LogP contribution is -2.68. The van der Waals surface area contributed by atoms with E-state index >= 15 is 0 Å². The molecule has 2 saturated heterocycles. The van der Waals surface area contributed by atoms with Gasteiger partial charge in [-0.2, -0.15) is 13.2 Å². The Bertz CT molecular complexity index is 2740. The fourth-order valence-electron chi connectivity index (χ4n) is 13.0. The van der Waals surface area contributed by atoms with E-state index in [1.807, 2.05) is 6.92 Å². The summed E-state index contributed by atoms with van der Waals surface area (Å²) < 4.78 is 41.2. The van der Waals surface area contributed by atoms with Gasteiger partial charge in [0.1, 0.15) is 41.8 Å². The summed E-state index contributed by atoms with van der Waals surface area (Å²) in [5, 5.41) is 10.9. The van der Waals surface area contributed by atoms with Gasteiger partial charge in [-0.3, -0.25) is 52.7 Å². The van der Waals surface area contributed by atoms with Gasteiger partial charge in [-0.1, -0.05) is 82.9 Å². The average Bonchev–Trinajstić information content (AvgIpc) is 3.57. The Kier molecular flexibility index (Phi) is 24.7. The molecule has 0 bridgehead atoms. The minimum atomic E-state index is -4.74. The fraction of sp³-hybridized carbons (Fsp3) is 0.726. The van der Waals surface area contributed by atoms with Gasteiger partial charge in [-0.25, -0.2) is 0 Å². The number of likely N-dealkylation sites (N-methyl/N-ethyl adjacent to an activating group) is 6. The van der Waals surface area contributed by atoms with Gasteiger partial charge in [0.15, 0.2) is 0 Å².